The average Bonchev–Trinajstić information content (AvgIpc) is 2.88. The molecule has 1 aromatic carbocycles. The number of hydrogen-bond acceptors (Lipinski definition) is 3. The topological polar surface area (TPSA) is 58.4 Å². The molecule has 0 spiro atoms. The van der Waals surface area contributed by atoms with Crippen molar-refractivity contribution < 1.29 is 18.7 Å². The molecule has 1 atom stereocenters. The molecule has 1 N–H and O–H groups in total. The van der Waals surface area contributed by atoms with Gasteiger partial charge in [0.1, 0.15) is 17.3 Å². The first-order valence-electron chi connectivity index (χ1n) is 7.42. The van der Waals surface area contributed by atoms with E-state index in [9.17, 15) is 18.7 Å². The Bertz CT molecular complexity index is 745. The number of aliphatic hydroxyl groups excluding tert-OH is 1. The maximum atomic E-state index is 14.0. The van der Waals surface area contributed by atoms with Crippen LogP contribution in [0.15, 0.2) is 24.4 Å². The van der Waals surface area contributed by atoms with Crippen LogP contribution in [0.5, 0.6) is 0 Å². The van der Waals surface area contributed by atoms with E-state index in [-0.39, 0.29) is 29.3 Å². The van der Waals surface area contributed by atoms with Gasteiger partial charge in [0.15, 0.2) is 0 Å². The highest BCUT2D eigenvalue weighted by molar-refractivity contribution is 6.00. The molecule has 1 aromatic heterocycles. The Morgan fingerprint density at radius 2 is 2.17 bits per heavy atom. The first-order chi connectivity index (χ1) is 11.0. The number of likely N-dealkylation sites (tertiary alicyclic amines) is 1. The lowest BCUT2D eigenvalue weighted by Crippen LogP contribution is -2.42. The maximum Gasteiger partial charge on any atom is 0.257 e. The SMILES string of the molecule is Cn1cc(C(=O)N2CCCC(O)C2)c(-c2ccc(F)cc2F)n1. The number of piperidine rings is 1. The Morgan fingerprint density at radius 1 is 1.39 bits per heavy atom. The molecule has 1 fully saturated rings. The van der Waals surface area contributed by atoms with Gasteiger partial charge in [-0.25, -0.2) is 8.78 Å². The number of aryl methyl sites for hydroxylation is 1. The zero-order chi connectivity index (χ0) is 16.6. The Morgan fingerprint density at radius 3 is 2.87 bits per heavy atom. The summed E-state index contributed by atoms with van der Waals surface area (Å²) in [6.07, 6.45) is 2.35. The predicted molar refractivity (Wildman–Crippen MR) is 79.7 cm³/mol. The van der Waals surface area contributed by atoms with E-state index in [1.54, 1.807) is 7.05 Å². The number of nitrogens with zero attached hydrogens (tertiary/aromatic N) is 3. The van der Waals surface area contributed by atoms with Gasteiger partial charge in [0.05, 0.1) is 11.7 Å². The van der Waals surface area contributed by atoms with E-state index in [0.717, 1.165) is 12.1 Å². The standard InChI is InChI=1S/C16H17F2N3O2/c1-20-9-13(16(23)21-6-2-3-11(22)8-21)15(19-20)12-5-4-10(17)7-14(12)18/h4-5,7,9,11,22H,2-3,6,8H2,1H3. The number of β-amino-alcohol motifs (C(OH)–C–C–N with tert-alkyl or cyclic N) is 1. The minimum Gasteiger partial charge on any atom is -0.391 e. The van der Waals surface area contributed by atoms with Gasteiger partial charge in [-0.15, -0.1) is 0 Å². The van der Waals surface area contributed by atoms with E-state index in [2.05, 4.69) is 5.10 Å². The number of halogens is 2. The van der Waals surface area contributed by atoms with Crippen LogP contribution in [0.25, 0.3) is 11.3 Å². The van der Waals surface area contributed by atoms with Crippen LogP contribution in [0.2, 0.25) is 0 Å². The molecule has 2 aromatic rings. The number of aliphatic hydroxyl groups is 1. The largest absolute Gasteiger partial charge is 0.391 e. The molecule has 2 heterocycles. The third-order valence-corrected chi connectivity index (χ3v) is 3.93. The van der Waals surface area contributed by atoms with E-state index in [1.165, 1.54) is 21.8 Å². The van der Waals surface area contributed by atoms with Crippen LogP contribution in [-0.4, -0.2) is 44.9 Å². The molecule has 0 radical (unpaired) electrons. The van der Waals surface area contributed by atoms with Gasteiger partial charge in [-0.1, -0.05) is 0 Å². The number of aromatic nitrogens is 2. The van der Waals surface area contributed by atoms with Crippen LogP contribution in [0.4, 0.5) is 8.78 Å². The molecule has 0 aliphatic carbocycles. The third-order valence-electron chi connectivity index (χ3n) is 3.93. The van der Waals surface area contributed by atoms with Crippen molar-refractivity contribution in [2.75, 3.05) is 13.1 Å². The van der Waals surface area contributed by atoms with Gasteiger partial charge in [-0.2, -0.15) is 5.10 Å². The lowest BCUT2D eigenvalue weighted by atomic mass is 10.0. The van der Waals surface area contributed by atoms with Gasteiger partial charge >= 0.3 is 0 Å². The molecule has 0 bridgehead atoms. The fourth-order valence-corrected chi connectivity index (χ4v) is 2.83. The zero-order valence-corrected chi connectivity index (χ0v) is 12.7. The van der Waals surface area contributed by atoms with E-state index < -0.39 is 17.7 Å². The monoisotopic (exact) mass is 321 g/mol. The lowest BCUT2D eigenvalue weighted by Gasteiger charge is -2.30. The molecule has 3 rings (SSSR count). The number of rotatable bonds is 2. The van der Waals surface area contributed by atoms with E-state index in [4.69, 9.17) is 0 Å². The highest BCUT2D eigenvalue weighted by Gasteiger charge is 2.27. The average molecular weight is 321 g/mol. The highest BCUT2D eigenvalue weighted by Crippen LogP contribution is 2.27. The molecule has 5 nitrogen and oxygen atoms in total. The Balaban J connectivity index is 1.99. The second kappa shape index (κ2) is 6.08. The molecule has 1 amide bonds. The fraction of sp³-hybridized carbons (Fsp3) is 0.375. The summed E-state index contributed by atoms with van der Waals surface area (Å²) in [6, 6.07) is 3.17. The lowest BCUT2D eigenvalue weighted by molar-refractivity contribution is 0.0474. The number of amides is 1. The maximum absolute atomic E-state index is 14.0. The van der Waals surface area contributed by atoms with Gasteiger partial charge in [0, 0.05) is 38.0 Å². The minimum absolute atomic E-state index is 0.0768. The summed E-state index contributed by atoms with van der Waals surface area (Å²) < 4.78 is 28.6. The van der Waals surface area contributed by atoms with Gasteiger partial charge in [0.2, 0.25) is 0 Å². The summed E-state index contributed by atoms with van der Waals surface area (Å²) in [4.78, 5) is 14.2. The number of benzene rings is 1. The summed E-state index contributed by atoms with van der Waals surface area (Å²) in [6.45, 7) is 0.787. The molecule has 122 valence electrons. The van der Waals surface area contributed by atoms with Crippen molar-refractivity contribution in [2.24, 2.45) is 7.05 Å². The number of hydrogen-bond donors (Lipinski definition) is 1. The molecule has 0 saturated carbocycles. The van der Waals surface area contributed by atoms with E-state index in [0.29, 0.717) is 19.4 Å². The van der Waals surface area contributed by atoms with Gasteiger partial charge in [0.25, 0.3) is 5.91 Å². The second-order valence-corrected chi connectivity index (χ2v) is 5.74. The third kappa shape index (κ3) is 3.10. The molecular weight excluding hydrogens is 304 g/mol. The van der Waals surface area contributed by atoms with Crippen LogP contribution in [0, 0.1) is 11.6 Å². The van der Waals surface area contributed by atoms with Gasteiger partial charge in [-0.3, -0.25) is 9.48 Å². The summed E-state index contributed by atoms with van der Waals surface area (Å²) in [5, 5.41) is 13.9. The van der Waals surface area contributed by atoms with Gasteiger partial charge in [-0.05, 0) is 25.0 Å². The molecule has 1 saturated heterocycles. The summed E-state index contributed by atoms with van der Waals surface area (Å²) in [7, 11) is 1.63. The van der Waals surface area contributed by atoms with Crippen molar-refractivity contribution in [1.82, 2.24) is 14.7 Å². The Labute approximate surface area is 132 Å². The van der Waals surface area contributed by atoms with Crippen molar-refractivity contribution in [3.63, 3.8) is 0 Å². The fourth-order valence-electron chi connectivity index (χ4n) is 2.83. The van der Waals surface area contributed by atoms with Crippen molar-refractivity contribution >= 4 is 5.91 Å². The van der Waals surface area contributed by atoms with Gasteiger partial charge < -0.3 is 10.0 Å². The predicted octanol–water partition coefficient (Wildman–Crippen LogP) is 1.96. The first kappa shape index (κ1) is 15.6. The molecule has 1 aliphatic heterocycles. The Kier molecular flexibility index (Phi) is 4.12. The summed E-state index contributed by atoms with van der Waals surface area (Å²) >= 11 is 0. The van der Waals surface area contributed by atoms with Crippen molar-refractivity contribution in [2.45, 2.75) is 18.9 Å². The molecule has 1 unspecified atom stereocenters. The highest BCUT2D eigenvalue weighted by atomic mass is 19.1. The quantitative estimate of drug-likeness (QED) is 0.920. The normalized spacial score (nSPS) is 18.3. The Hall–Kier alpha value is -2.28. The zero-order valence-electron chi connectivity index (χ0n) is 12.7. The van der Waals surface area contributed by atoms with E-state index in [1.807, 2.05) is 0 Å². The van der Waals surface area contributed by atoms with Crippen LogP contribution >= 0.6 is 0 Å². The molecule has 23 heavy (non-hydrogen) atoms. The smallest absolute Gasteiger partial charge is 0.257 e. The van der Waals surface area contributed by atoms with Crippen LogP contribution in [0.1, 0.15) is 23.2 Å². The second-order valence-electron chi connectivity index (χ2n) is 5.74. The van der Waals surface area contributed by atoms with Crippen LogP contribution < -0.4 is 0 Å². The summed E-state index contributed by atoms with van der Waals surface area (Å²) in [5.41, 5.74) is 0.495. The first-order valence-corrected chi connectivity index (χ1v) is 7.42. The van der Waals surface area contributed by atoms with Crippen LogP contribution in [-0.2, 0) is 7.05 Å². The molecule has 7 heteroatoms. The molecule has 1 aliphatic rings. The van der Waals surface area contributed by atoms with Crippen LogP contribution in [0.3, 0.4) is 0 Å². The van der Waals surface area contributed by atoms with Crippen molar-refractivity contribution in [3.05, 3.63) is 41.6 Å². The minimum atomic E-state index is -0.767. The molecular formula is C16H17F2N3O2. The van der Waals surface area contributed by atoms with Crippen molar-refractivity contribution in [3.8, 4) is 11.3 Å². The number of carbonyl (C=O) groups is 1. The van der Waals surface area contributed by atoms with Crippen molar-refractivity contribution in [1.29, 1.82) is 0 Å². The number of carbonyl (C=O) groups excluding carboxylic acids is 1. The summed E-state index contributed by atoms with van der Waals surface area (Å²) in [5.74, 6) is -1.76. The van der Waals surface area contributed by atoms with E-state index >= 15 is 0 Å².